The molecule has 0 saturated carbocycles. The van der Waals surface area contributed by atoms with Gasteiger partial charge in [-0.15, -0.1) is 11.8 Å². The summed E-state index contributed by atoms with van der Waals surface area (Å²) in [6.45, 7) is 16.6. The van der Waals surface area contributed by atoms with E-state index in [1.54, 1.807) is 12.1 Å². The molecule has 9 nitrogen and oxygen atoms in total. The van der Waals surface area contributed by atoms with Crippen LogP contribution >= 0.6 is 23.4 Å². The molecule has 0 bridgehead atoms. The average Bonchev–Trinajstić information content (AvgIpc) is 3.33. The van der Waals surface area contributed by atoms with E-state index in [0.717, 1.165) is 39.4 Å². The molecule has 5 aromatic carbocycles. The van der Waals surface area contributed by atoms with Crippen LogP contribution in [0.5, 0.6) is 0 Å². The van der Waals surface area contributed by atoms with Gasteiger partial charge in [-0.25, -0.2) is 16.8 Å². The molecule has 6 rings (SSSR count). The number of ketones is 1. The highest BCUT2D eigenvalue weighted by molar-refractivity contribution is 7.99. The number of carbonyl (C=O) groups is 1. The minimum Gasteiger partial charge on any atom is -0.416 e. The second-order valence-corrected chi connectivity index (χ2v) is 30.1. The van der Waals surface area contributed by atoms with Crippen LogP contribution in [0.1, 0.15) is 74.5 Å². The third kappa shape index (κ3) is 14.6. The number of rotatable bonds is 22. The number of aliphatic hydroxyl groups excluding tert-OH is 1. The summed E-state index contributed by atoms with van der Waals surface area (Å²) in [7, 11) is -12.6. The number of likely N-dealkylation sites (N-methyl/N-ethyl adjacent to an activating group) is 1. The summed E-state index contributed by atoms with van der Waals surface area (Å²) in [4.78, 5) is 17.0. The Bertz CT molecular complexity index is 2790. The van der Waals surface area contributed by atoms with Gasteiger partial charge < -0.3 is 19.3 Å². The molecule has 71 heavy (non-hydrogen) atoms. The predicted octanol–water partition coefficient (Wildman–Crippen LogP) is 12.6. The number of anilines is 1. The smallest absolute Gasteiger partial charge is 0.416 e. The molecule has 1 saturated heterocycles. The first-order valence-corrected chi connectivity index (χ1v) is 31.4. The maximum Gasteiger partial charge on any atom is 0.501 e. The lowest BCUT2D eigenvalue weighted by Crippen LogP contribution is -2.43. The highest BCUT2D eigenvalue weighted by Gasteiger charge is 2.48. The SMILES string of the molecule is CCN(CCO[Si](C)(C)C(C)(C)C)CC[C@H](CSc1ccccc1)Cc1ccc(S(=O)(=O)CC(=O)c2ccc(N3CCC([C@@H](O)c4ccccc4-c4ccc(Cl)cc4)CC3)cc2)cc1S(=O)(=O)C(F)(F)F. The normalized spacial score (nSPS) is 15.2. The second kappa shape index (κ2) is 23.9. The Kier molecular flexibility index (Phi) is 19.0. The number of thioether (sulfide) groups is 1. The van der Waals surface area contributed by atoms with Crippen LogP contribution in [-0.2, 0) is 30.5 Å². The van der Waals surface area contributed by atoms with Crippen molar-refractivity contribution in [2.75, 3.05) is 55.7 Å². The third-order valence-electron chi connectivity index (χ3n) is 14.0. The standard InChI is InChI=1S/C54H66ClF3N2O7S3Si/c1-7-59(33-34-67-71(5,6)53(2,3)4)30-27-39(37-68-46-13-9-8-10-14-46)35-43-21-26-47(36-51(43)70(65,66)54(56,57)58)69(63,64)38-50(61)41-19-24-45(25-20-41)60-31-28-42(29-32-60)52(62)49-16-12-11-15-48(49)40-17-22-44(55)23-18-40/h8-26,36,39,42,52,62H,7,27-35,37-38H2,1-6H3/t39-,52+/m0/s1. The highest BCUT2D eigenvalue weighted by Crippen LogP contribution is 2.40. The van der Waals surface area contributed by atoms with E-state index in [4.69, 9.17) is 16.0 Å². The quantitative estimate of drug-likeness (QED) is 0.0407. The van der Waals surface area contributed by atoms with E-state index < -0.39 is 60.9 Å². The van der Waals surface area contributed by atoms with E-state index >= 15 is 0 Å². The molecule has 1 aliphatic heterocycles. The molecule has 1 N–H and O–H groups in total. The van der Waals surface area contributed by atoms with Gasteiger partial charge in [-0.1, -0.05) is 100.0 Å². The fraction of sp³-hybridized carbons (Fsp3) is 0.426. The van der Waals surface area contributed by atoms with Crippen LogP contribution in [0.25, 0.3) is 11.1 Å². The molecular weight excluding hydrogens is 1010 g/mol. The van der Waals surface area contributed by atoms with Crippen molar-refractivity contribution in [3.05, 3.63) is 143 Å². The van der Waals surface area contributed by atoms with E-state index in [1.165, 1.54) is 23.9 Å². The van der Waals surface area contributed by atoms with Crippen molar-refractivity contribution in [2.24, 2.45) is 11.8 Å². The van der Waals surface area contributed by atoms with Gasteiger partial charge in [-0.2, -0.15) is 13.2 Å². The van der Waals surface area contributed by atoms with Crippen molar-refractivity contribution in [3.8, 4) is 11.1 Å². The molecule has 0 aliphatic carbocycles. The first kappa shape index (κ1) is 56.3. The average molecular weight is 1070 g/mol. The molecule has 0 unspecified atom stereocenters. The number of carbonyl (C=O) groups excluding carboxylic acids is 1. The largest absolute Gasteiger partial charge is 0.501 e. The number of aliphatic hydroxyl groups is 1. The van der Waals surface area contributed by atoms with Crippen LogP contribution in [0, 0.1) is 11.8 Å². The molecule has 384 valence electrons. The fourth-order valence-corrected chi connectivity index (χ4v) is 13.1. The predicted molar refractivity (Wildman–Crippen MR) is 284 cm³/mol. The van der Waals surface area contributed by atoms with Crippen molar-refractivity contribution in [1.82, 2.24) is 4.90 Å². The summed E-state index contributed by atoms with van der Waals surface area (Å²) < 4.78 is 104. The lowest BCUT2D eigenvalue weighted by molar-refractivity contribution is -0.0436. The summed E-state index contributed by atoms with van der Waals surface area (Å²) in [5.41, 5.74) is -2.24. The molecule has 2 atom stereocenters. The van der Waals surface area contributed by atoms with Gasteiger partial charge in [-0.3, -0.25) is 4.79 Å². The van der Waals surface area contributed by atoms with Crippen molar-refractivity contribution in [3.63, 3.8) is 0 Å². The molecule has 0 radical (unpaired) electrons. The summed E-state index contributed by atoms with van der Waals surface area (Å²) in [6.07, 6.45) is 1.15. The number of alkyl halides is 3. The maximum absolute atomic E-state index is 14.4. The van der Waals surface area contributed by atoms with E-state index in [9.17, 15) is 39.9 Å². The minimum atomic E-state index is -6.01. The summed E-state index contributed by atoms with van der Waals surface area (Å²) >= 11 is 7.63. The van der Waals surface area contributed by atoms with Gasteiger partial charge >= 0.3 is 5.51 Å². The van der Waals surface area contributed by atoms with Crippen molar-refractivity contribution < 1.29 is 44.3 Å². The number of halogens is 4. The van der Waals surface area contributed by atoms with Crippen molar-refractivity contribution >= 4 is 62.8 Å². The third-order valence-corrected chi connectivity index (χ3v) is 23.2. The molecule has 17 heteroatoms. The Morgan fingerprint density at radius 1 is 0.873 bits per heavy atom. The molecule has 5 aromatic rings. The van der Waals surface area contributed by atoms with Crippen molar-refractivity contribution in [1.29, 1.82) is 0 Å². The summed E-state index contributed by atoms with van der Waals surface area (Å²) in [5.74, 6) is -1.73. The number of hydrogen-bond acceptors (Lipinski definition) is 10. The minimum absolute atomic E-state index is 0.00777. The van der Waals surface area contributed by atoms with E-state index in [0.29, 0.717) is 75.4 Å². The van der Waals surface area contributed by atoms with Crippen LogP contribution in [0.2, 0.25) is 23.2 Å². The van der Waals surface area contributed by atoms with Crippen LogP contribution in [0.15, 0.2) is 136 Å². The summed E-state index contributed by atoms with van der Waals surface area (Å²) in [6, 6.07) is 34.0. The zero-order valence-corrected chi connectivity index (χ0v) is 45.5. The number of piperidine rings is 1. The number of Topliss-reactive ketones (excluding diaryl/α,β-unsaturated/α-hetero) is 1. The van der Waals surface area contributed by atoms with Gasteiger partial charge in [0.2, 0.25) is 0 Å². The highest BCUT2D eigenvalue weighted by atomic mass is 35.5. The van der Waals surface area contributed by atoms with Crippen LogP contribution in [-0.4, -0.2) is 97.3 Å². The molecule has 1 heterocycles. The summed E-state index contributed by atoms with van der Waals surface area (Å²) in [5, 5.41) is 12.2. The van der Waals surface area contributed by atoms with Crippen LogP contribution in [0.3, 0.4) is 0 Å². The van der Waals surface area contributed by atoms with E-state index in [2.05, 4.69) is 43.7 Å². The topological polar surface area (TPSA) is 121 Å². The van der Waals surface area contributed by atoms with Crippen LogP contribution < -0.4 is 4.90 Å². The molecular formula is C54H66ClF3N2O7S3Si. The monoisotopic (exact) mass is 1070 g/mol. The van der Waals surface area contributed by atoms with Crippen LogP contribution in [0.4, 0.5) is 18.9 Å². The first-order chi connectivity index (χ1) is 33.4. The zero-order valence-electron chi connectivity index (χ0n) is 41.3. The van der Waals surface area contributed by atoms with Gasteiger partial charge in [0.25, 0.3) is 9.84 Å². The van der Waals surface area contributed by atoms with Gasteiger partial charge in [0.05, 0.1) is 15.9 Å². The number of nitrogens with zero attached hydrogens (tertiary/aromatic N) is 2. The molecule has 0 aromatic heterocycles. The van der Waals surface area contributed by atoms with Gasteiger partial charge in [0.15, 0.2) is 23.9 Å². The molecule has 0 amide bonds. The van der Waals surface area contributed by atoms with Gasteiger partial charge in [-0.05, 0) is 152 Å². The van der Waals surface area contributed by atoms with Gasteiger partial charge in [0, 0.05) is 53.2 Å². The Labute approximate surface area is 429 Å². The van der Waals surface area contributed by atoms with Gasteiger partial charge in [0.1, 0.15) is 5.75 Å². The molecule has 1 aliphatic rings. The van der Waals surface area contributed by atoms with E-state index in [-0.39, 0.29) is 34.4 Å². The fourth-order valence-electron chi connectivity index (χ4n) is 8.57. The van der Waals surface area contributed by atoms with Crippen molar-refractivity contribution in [2.45, 2.75) is 97.8 Å². The molecule has 1 fully saturated rings. The first-order valence-electron chi connectivity index (χ1n) is 24.0. The number of sulfone groups is 2. The molecule has 0 spiro atoms. The zero-order chi connectivity index (χ0) is 51.8. The lowest BCUT2D eigenvalue weighted by Gasteiger charge is -2.37. The Morgan fingerprint density at radius 2 is 1.51 bits per heavy atom. The van der Waals surface area contributed by atoms with E-state index in [1.807, 2.05) is 85.8 Å². The second-order valence-electron chi connectivity index (χ2n) is 19.8. The Balaban J connectivity index is 1.14. The Hall–Kier alpha value is -4.00. The number of hydrogen-bond donors (Lipinski definition) is 1. The Morgan fingerprint density at radius 3 is 2.13 bits per heavy atom. The lowest BCUT2D eigenvalue weighted by atomic mass is 9.84. The number of benzene rings is 5. The maximum atomic E-state index is 14.4.